The van der Waals surface area contributed by atoms with E-state index in [0.29, 0.717) is 23.0 Å². The second-order valence-corrected chi connectivity index (χ2v) is 6.75. The van der Waals surface area contributed by atoms with Gasteiger partial charge in [0.15, 0.2) is 0 Å². The summed E-state index contributed by atoms with van der Waals surface area (Å²) in [6.45, 7) is 3.86. The van der Waals surface area contributed by atoms with Crippen LogP contribution in [0.2, 0.25) is 0 Å². The summed E-state index contributed by atoms with van der Waals surface area (Å²) in [4.78, 5) is 4.26. The van der Waals surface area contributed by atoms with Gasteiger partial charge in [-0.05, 0) is 48.8 Å². The third-order valence-electron chi connectivity index (χ3n) is 1.74. The van der Waals surface area contributed by atoms with Gasteiger partial charge >= 0.3 is 38.7 Å². The standard InChI is InChI=1S/C9H13NO3S2.Na/c1-7-5-8(2)10-9(6-7)3-4-14-15(11,12)13;/h5-6H,3-4H2,1-2H3,(H,11,12,13);/q;+1. The molecule has 0 bridgehead atoms. The van der Waals surface area contributed by atoms with Crippen molar-refractivity contribution in [3.8, 4) is 0 Å². The predicted molar refractivity (Wildman–Crippen MR) is 61.4 cm³/mol. The van der Waals surface area contributed by atoms with E-state index in [1.54, 1.807) is 0 Å². The summed E-state index contributed by atoms with van der Waals surface area (Å²) >= 11 is 0. The molecule has 1 rings (SSSR count). The summed E-state index contributed by atoms with van der Waals surface area (Å²) in [5, 5.41) is 0. The van der Waals surface area contributed by atoms with E-state index < -0.39 is 9.15 Å². The van der Waals surface area contributed by atoms with Crippen molar-refractivity contribution in [2.45, 2.75) is 20.3 Å². The Morgan fingerprint density at radius 3 is 2.50 bits per heavy atom. The quantitative estimate of drug-likeness (QED) is 0.422. The van der Waals surface area contributed by atoms with Crippen LogP contribution in [0.25, 0.3) is 0 Å². The van der Waals surface area contributed by atoms with Gasteiger partial charge in [0.2, 0.25) is 0 Å². The molecule has 1 aromatic heterocycles. The first-order valence-electron chi connectivity index (χ1n) is 4.43. The molecular weight excluding hydrogens is 257 g/mol. The van der Waals surface area contributed by atoms with Gasteiger partial charge in [0, 0.05) is 17.1 Å². The number of rotatable bonds is 4. The third kappa shape index (κ3) is 6.88. The van der Waals surface area contributed by atoms with Crippen LogP contribution < -0.4 is 29.6 Å². The van der Waals surface area contributed by atoms with Crippen molar-refractivity contribution in [2.75, 3.05) is 5.75 Å². The molecule has 0 saturated carbocycles. The van der Waals surface area contributed by atoms with Gasteiger partial charge in [-0.1, -0.05) is 0 Å². The van der Waals surface area contributed by atoms with Crippen molar-refractivity contribution in [3.63, 3.8) is 0 Å². The fourth-order valence-electron chi connectivity index (χ4n) is 1.30. The number of aryl methyl sites for hydroxylation is 3. The van der Waals surface area contributed by atoms with Gasteiger partial charge in [-0.2, -0.15) is 8.42 Å². The second-order valence-electron chi connectivity index (χ2n) is 3.28. The number of pyridine rings is 1. The fraction of sp³-hybridized carbons (Fsp3) is 0.444. The first-order chi connectivity index (χ1) is 6.87. The summed E-state index contributed by atoms with van der Waals surface area (Å²) < 4.78 is 29.4. The normalized spacial score (nSPS) is 10.9. The Hall–Kier alpha value is 0.410. The molecule has 0 radical (unpaired) electrons. The van der Waals surface area contributed by atoms with Crippen molar-refractivity contribution in [1.29, 1.82) is 0 Å². The number of hydrogen-bond acceptors (Lipinski definition) is 4. The maximum absolute atomic E-state index is 10.5. The molecule has 0 aromatic carbocycles. The van der Waals surface area contributed by atoms with Crippen molar-refractivity contribution < 1.29 is 42.5 Å². The van der Waals surface area contributed by atoms with Crippen LogP contribution in [0.4, 0.5) is 0 Å². The Bertz CT molecular complexity index is 428. The summed E-state index contributed by atoms with van der Waals surface area (Å²) in [5.74, 6) is 0.314. The van der Waals surface area contributed by atoms with Gasteiger partial charge in [-0.15, -0.1) is 0 Å². The Balaban J connectivity index is 0.00000225. The molecule has 7 heteroatoms. The van der Waals surface area contributed by atoms with Crippen LogP contribution in [0.3, 0.4) is 0 Å². The van der Waals surface area contributed by atoms with E-state index >= 15 is 0 Å². The van der Waals surface area contributed by atoms with Crippen molar-refractivity contribution in [1.82, 2.24) is 4.98 Å². The van der Waals surface area contributed by atoms with Crippen LogP contribution in [0, 0.1) is 13.8 Å². The van der Waals surface area contributed by atoms with Crippen LogP contribution in [0.1, 0.15) is 17.0 Å². The zero-order valence-electron chi connectivity index (χ0n) is 9.60. The molecule has 0 atom stereocenters. The summed E-state index contributed by atoms with van der Waals surface area (Å²) in [5.41, 5.74) is 2.87. The SMILES string of the molecule is Cc1cc(C)nc(CCSS(=O)(=O)O)c1.[Na+]. The zero-order valence-corrected chi connectivity index (χ0v) is 13.2. The molecular formula is C9H13NNaO3S2+. The molecule has 1 aromatic rings. The molecule has 1 N–H and O–H groups in total. The summed E-state index contributed by atoms with van der Waals surface area (Å²) in [7, 11) is -3.40. The van der Waals surface area contributed by atoms with Crippen molar-refractivity contribution >= 4 is 19.9 Å². The van der Waals surface area contributed by atoms with Crippen LogP contribution in [-0.2, 0) is 15.6 Å². The smallest absolute Gasteiger partial charge is 0.277 e. The number of hydrogen-bond donors (Lipinski definition) is 1. The second kappa shape index (κ2) is 6.98. The minimum Gasteiger partial charge on any atom is -0.277 e. The van der Waals surface area contributed by atoms with Gasteiger partial charge in [0.25, 0.3) is 0 Å². The molecule has 0 spiro atoms. The molecule has 0 aliphatic rings. The number of nitrogens with zero attached hydrogens (tertiary/aromatic N) is 1. The van der Waals surface area contributed by atoms with Crippen LogP contribution in [-0.4, -0.2) is 23.7 Å². The summed E-state index contributed by atoms with van der Waals surface area (Å²) in [6, 6.07) is 3.87. The van der Waals surface area contributed by atoms with Crippen LogP contribution in [0.5, 0.6) is 0 Å². The Morgan fingerprint density at radius 2 is 2.00 bits per heavy atom. The Kier molecular flexibility index (Phi) is 7.16. The zero-order chi connectivity index (χ0) is 11.5. The Morgan fingerprint density at radius 1 is 1.38 bits per heavy atom. The largest absolute Gasteiger partial charge is 1.00 e. The topological polar surface area (TPSA) is 67.3 Å². The van der Waals surface area contributed by atoms with E-state index in [1.165, 1.54) is 0 Å². The Labute approximate surface area is 122 Å². The van der Waals surface area contributed by atoms with E-state index in [4.69, 9.17) is 4.55 Å². The molecule has 0 aliphatic heterocycles. The average molecular weight is 270 g/mol. The molecule has 0 unspecified atom stereocenters. The number of aromatic nitrogens is 1. The van der Waals surface area contributed by atoms with E-state index in [-0.39, 0.29) is 29.6 Å². The van der Waals surface area contributed by atoms with Crippen LogP contribution >= 0.6 is 10.8 Å². The molecule has 0 amide bonds. The van der Waals surface area contributed by atoms with Gasteiger partial charge in [-0.25, -0.2) is 0 Å². The summed E-state index contributed by atoms with van der Waals surface area (Å²) in [6.07, 6.45) is 0.535. The van der Waals surface area contributed by atoms with E-state index in [1.807, 2.05) is 26.0 Å². The van der Waals surface area contributed by atoms with E-state index in [0.717, 1.165) is 17.0 Å². The molecule has 1 heterocycles. The van der Waals surface area contributed by atoms with Gasteiger partial charge < -0.3 is 0 Å². The van der Waals surface area contributed by atoms with Crippen LogP contribution in [0.15, 0.2) is 12.1 Å². The molecule has 0 fully saturated rings. The fourth-order valence-corrected chi connectivity index (χ4v) is 2.69. The molecule has 16 heavy (non-hydrogen) atoms. The van der Waals surface area contributed by atoms with Gasteiger partial charge in [0.05, 0.1) is 0 Å². The molecule has 4 nitrogen and oxygen atoms in total. The van der Waals surface area contributed by atoms with Gasteiger partial charge in [0.1, 0.15) is 0 Å². The molecule has 0 saturated heterocycles. The molecule has 84 valence electrons. The maximum Gasteiger partial charge on any atom is 1.00 e. The first kappa shape index (κ1) is 16.4. The molecule has 0 aliphatic carbocycles. The monoisotopic (exact) mass is 270 g/mol. The average Bonchev–Trinajstić information content (AvgIpc) is 1.99. The predicted octanol–water partition coefficient (Wildman–Crippen LogP) is -1.22. The van der Waals surface area contributed by atoms with Crippen molar-refractivity contribution in [3.05, 3.63) is 29.1 Å². The van der Waals surface area contributed by atoms with E-state index in [9.17, 15) is 8.42 Å². The minimum absolute atomic E-state index is 0. The van der Waals surface area contributed by atoms with Crippen molar-refractivity contribution in [2.24, 2.45) is 0 Å². The first-order valence-corrected chi connectivity index (χ1v) is 7.37. The third-order valence-corrected chi connectivity index (χ3v) is 3.80. The minimum atomic E-state index is -3.93. The maximum atomic E-state index is 10.5. The van der Waals surface area contributed by atoms with E-state index in [2.05, 4.69) is 4.98 Å². The van der Waals surface area contributed by atoms with Gasteiger partial charge in [-0.3, -0.25) is 9.54 Å².